The molecule has 0 radical (unpaired) electrons. The Morgan fingerprint density at radius 2 is 1.65 bits per heavy atom. The van der Waals surface area contributed by atoms with E-state index < -0.39 is 16.1 Å². The number of nitrogens with two attached hydrogens (primary N) is 1. The maximum Gasteiger partial charge on any atom is 0.241 e. The fraction of sp³-hybridized carbons (Fsp3) is 0.294. The van der Waals surface area contributed by atoms with Crippen LogP contribution in [-0.2, 0) is 10.0 Å². The van der Waals surface area contributed by atoms with Crippen molar-refractivity contribution in [1.82, 2.24) is 4.72 Å². The third-order valence-corrected chi connectivity index (χ3v) is 5.11. The zero-order chi connectivity index (χ0) is 17.0. The number of rotatable bonds is 6. The lowest BCUT2D eigenvalue weighted by molar-refractivity contribution is 0.414. The van der Waals surface area contributed by atoms with Gasteiger partial charge in [-0.1, -0.05) is 32.0 Å². The van der Waals surface area contributed by atoms with Crippen molar-refractivity contribution in [2.75, 3.05) is 12.8 Å². The molecule has 1 unspecified atom stereocenters. The van der Waals surface area contributed by atoms with Crippen LogP contribution in [0.3, 0.4) is 0 Å². The summed E-state index contributed by atoms with van der Waals surface area (Å²) in [6.07, 6.45) is 0. The van der Waals surface area contributed by atoms with Gasteiger partial charge < -0.3 is 10.5 Å². The van der Waals surface area contributed by atoms with Gasteiger partial charge in [0.05, 0.1) is 18.0 Å². The molecule has 0 aliphatic carbocycles. The number of nitrogens with one attached hydrogen (secondary N) is 1. The second kappa shape index (κ2) is 7.02. The van der Waals surface area contributed by atoms with Crippen molar-refractivity contribution in [3.8, 4) is 5.75 Å². The average molecular weight is 334 g/mol. The number of sulfonamides is 1. The smallest absolute Gasteiger partial charge is 0.241 e. The van der Waals surface area contributed by atoms with E-state index in [-0.39, 0.29) is 10.8 Å². The van der Waals surface area contributed by atoms with Gasteiger partial charge in [-0.05, 0) is 41.8 Å². The molecule has 1 atom stereocenters. The molecule has 0 aliphatic heterocycles. The van der Waals surface area contributed by atoms with E-state index in [1.54, 1.807) is 18.2 Å². The molecule has 0 spiro atoms. The van der Waals surface area contributed by atoms with Crippen LogP contribution in [0.4, 0.5) is 5.69 Å². The van der Waals surface area contributed by atoms with Crippen LogP contribution in [0.2, 0.25) is 0 Å². The summed E-state index contributed by atoms with van der Waals surface area (Å²) in [5.41, 5.74) is 7.35. The Labute approximate surface area is 137 Å². The number of methoxy groups -OCH3 is 1. The SMILES string of the molecule is COc1ccc(S(=O)(=O)NC(c2ccccc2N)C(C)C)cc1. The second-order valence-electron chi connectivity index (χ2n) is 5.65. The van der Waals surface area contributed by atoms with Crippen molar-refractivity contribution in [1.29, 1.82) is 0 Å². The first-order valence-corrected chi connectivity index (χ1v) is 8.84. The highest BCUT2D eigenvalue weighted by molar-refractivity contribution is 7.89. The van der Waals surface area contributed by atoms with Gasteiger partial charge >= 0.3 is 0 Å². The molecule has 5 nitrogen and oxygen atoms in total. The summed E-state index contributed by atoms with van der Waals surface area (Å²) < 4.78 is 33.1. The monoisotopic (exact) mass is 334 g/mol. The lowest BCUT2D eigenvalue weighted by atomic mass is 9.96. The van der Waals surface area contributed by atoms with Gasteiger partial charge in [0.25, 0.3) is 0 Å². The van der Waals surface area contributed by atoms with E-state index >= 15 is 0 Å². The van der Waals surface area contributed by atoms with Crippen molar-refractivity contribution >= 4 is 15.7 Å². The maximum atomic E-state index is 12.6. The normalized spacial score (nSPS) is 13.0. The topological polar surface area (TPSA) is 81.4 Å². The summed E-state index contributed by atoms with van der Waals surface area (Å²) in [5.74, 6) is 0.657. The Morgan fingerprint density at radius 3 is 2.17 bits per heavy atom. The van der Waals surface area contributed by atoms with Crippen molar-refractivity contribution in [2.45, 2.75) is 24.8 Å². The molecular formula is C17H22N2O3S. The molecule has 0 fully saturated rings. The fourth-order valence-corrected chi connectivity index (χ4v) is 3.71. The molecule has 0 bridgehead atoms. The van der Waals surface area contributed by atoms with Crippen LogP contribution in [0.1, 0.15) is 25.5 Å². The zero-order valence-corrected chi connectivity index (χ0v) is 14.3. The number of anilines is 1. The van der Waals surface area contributed by atoms with E-state index in [1.807, 2.05) is 32.0 Å². The summed E-state index contributed by atoms with van der Waals surface area (Å²) in [7, 11) is -2.12. The Kier molecular flexibility index (Phi) is 5.28. The summed E-state index contributed by atoms with van der Waals surface area (Å²) in [6.45, 7) is 3.90. The van der Waals surface area contributed by atoms with E-state index in [0.29, 0.717) is 11.4 Å². The summed E-state index contributed by atoms with van der Waals surface area (Å²) in [5, 5.41) is 0. The first-order chi connectivity index (χ1) is 10.8. The minimum atomic E-state index is -3.66. The van der Waals surface area contributed by atoms with Gasteiger partial charge in [-0.2, -0.15) is 0 Å². The third kappa shape index (κ3) is 4.03. The van der Waals surface area contributed by atoms with Crippen LogP contribution in [-0.4, -0.2) is 15.5 Å². The summed E-state index contributed by atoms with van der Waals surface area (Å²) in [6, 6.07) is 13.2. The number of benzene rings is 2. The highest BCUT2D eigenvalue weighted by atomic mass is 32.2. The van der Waals surface area contributed by atoms with Crippen LogP contribution in [0.15, 0.2) is 53.4 Å². The maximum absolute atomic E-state index is 12.6. The molecule has 2 aromatic carbocycles. The van der Waals surface area contributed by atoms with Crippen molar-refractivity contribution in [3.05, 3.63) is 54.1 Å². The predicted octanol–water partition coefficient (Wildman–Crippen LogP) is 2.95. The standard InChI is InChI=1S/C17H22N2O3S/c1-12(2)17(15-6-4-5-7-16(15)18)19-23(20,21)14-10-8-13(22-3)9-11-14/h4-12,17,19H,18H2,1-3H3. The highest BCUT2D eigenvalue weighted by Gasteiger charge is 2.25. The number of para-hydroxylation sites is 1. The molecule has 0 saturated carbocycles. The summed E-state index contributed by atoms with van der Waals surface area (Å²) in [4.78, 5) is 0.193. The number of hydrogen-bond donors (Lipinski definition) is 2. The Morgan fingerprint density at radius 1 is 1.04 bits per heavy atom. The molecule has 0 aromatic heterocycles. The molecule has 2 rings (SSSR count). The number of nitrogen functional groups attached to an aromatic ring is 1. The Bertz CT molecular complexity index is 756. The first-order valence-electron chi connectivity index (χ1n) is 7.36. The van der Waals surface area contributed by atoms with Gasteiger partial charge in [-0.25, -0.2) is 13.1 Å². The van der Waals surface area contributed by atoms with Crippen molar-refractivity contribution in [2.24, 2.45) is 5.92 Å². The van der Waals surface area contributed by atoms with Crippen LogP contribution in [0, 0.1) is 5.92 Å². The highest BCUT2D eigenvalue weighted by Crippen LogP contribution is 2.28. The molecule has 3 N–H and O–H groups in total. The zero-order valence-electron chi connectivity index (χ0n) is 13.5. The average Bonchev–Trinajstić information content (AvgIpc) is 2.53. The molecule has 0 aliphatic rings. The number of ether oxygens (including phenoxy) is 1. The van der Waals surface area contributed by atoms with Crippen LogP contribution in [0.5, 0.6) is 5.75 Å². The quantitative estimate of drug-likeness (QED) is 0.796. The van der Waals surface area contributed by atoms with Crippen molar-refractivity contribution < 1.29 is 13.2 Å². The molecule has 6 heteroatoms. The van der Waals surface area contributed by atoms with E-state index in [2.05, 4.69) is 4.72 Å². The molecule has 0 amide bonds. The van der Waals surface area contributed by atoms with Crippen LogP contribution >= 0.6 is 0 Å². The molecule has 23 heavy (non-hydrogen) atoms. The van der Waals surface area contributed by atoms with E-state index in [4.69, 9.17) is 10.5 Å². The summed E-state index contributed by atoms with van der Waals surface area (Å²) >= 11 is 0. The molecule has 0 saturated heterocycles. The Balaban J connectivity index is 2.33. The van der Waals surface area contributed by atoms with Gasteiger partial charge in [-0.15, -0.1) is 0 Å². The van der Waals surface area contributed by atoms with Gasteiger partial charge in [-0.3, -0.25) is 0 Å². The fourth-order valence-electron chi connectivity index (χ4n) is 2.34. The van der Waals surface area contributed by atoms with Gasteiger partial charge in [0.1, 0.15) is 5.75 Å². The molecule has 124 valence electrons. The van der Waals surface area contributed by atoms with Gasteiger partial charge in [0, 0.05) is 5.69 Å². The third-order valence-electron chi connectivity index (χ3n) is 3.65. The minimum Gasteiger partial charge on any atom is -0.497 e. The number of hydrogen-bond acceptors (Lipinski definition) is 4. The van der Waals surface area contributed by atoms with E-state index in [1.165, 1.54) is 19.2 Å². The van der Waals surface area contributed by atoms with E-state index in [9.17, 15) is 8.42 Å². The van der Waals surface area contributed by atoms with Crippen LogP contribution in [0.25, 0.3) is 0 Å². The van der Waals surface area contributed by atoms with Crippen LogP contribution < -0.4 is 15.2 Å². The molecule has 2 aromatic rings. The van der Waals surface area contributed by atoms with Gasteiger partial charge in [0.15, 0.2) is 0 Å². The largest absolute Gasteiger partial charge is 0.497 e. The Hall–Kier alpha value is -2.05. The lowest BCUT2D eigenvalue weighted by Crippen LogP contribution is -2.32. The predicted molar refractivity (Wildman–Crippen MR) is 91.7 cm³/mol. The minimum absolute atomic E-state index is 0.0488. The lowest BCUT2D eigenvalue weighted by Gasteiger charge is -2.24. The second-order valence-corrected chi connectivity index (χ2v) is 7.36. The van der Waals surface area contributed by atoms with Gasteiger partial charge in [0.2, 0.25) is 10.0 Å². The van der Waals surface area contributed by atoms with E-state index in [0.717, 1.165) is 5.56 Å². The molecular weight excluding hydrogens is 312 g/mol. The molecule has 0 heterocycles. The first kappa shape index (κ1) is 17.3. The van der Waals surface area contributed by atoms with Crippen molar-refractivity contribution in [3.63, 3.8) is 0 Å².